The highest BCUT2D eigenvalue weighted by Crippen LogP contribution is 2.23. The summed E-state index contributed by atoms with van der Waals surface area (Å²) in [5, 5.41) is 0. The van der Waals surface area contributed by atoms with Crippen molar-refractivity contribution in [2.45, 2.75) is 13.1 Å². The Hall–Kier alpha value is -6.14. The van der Waals surface area contributed by atoms with E-state index in [1.165, 1.54) is 0 Å². The van der Waals surface area contributed by atoms with Gasteiger partial charge in [-0.2, -0.15) is 0 Å². The lowest BCUT2D eigenvalue weighted by Gasteiger charge is -2.28. The fourth-order valence-corrected chi connectivity index (χ4v) is 5.65. The average molecular weight is 661 g/mol. The first-order valence-electron chi connectivity index (χ1n) is 16.8. The Labute approximate surface area is 294 Å². The van der Waals surface area contributed by atoms with Crippen LogP contribution in [0.25, 0.3) is 22.3 Å². The van der Waals surface area contributed by atoms with Crippen LogP contribution in [0.2, 0.25) is 0 Å². The molecule has 0 aliphatic rings. The molecule has 6 aromatic carbocycles. The molecule has 0 N–H and O–H groups in total. The SMILES string of the molecule is O=C(COc1ccc(-c2ccccc2)cc1)N(CCN(Cc1ccccc1)C(=O)COc1ccc(-c2ccccc2)cc1)Cc1ccccc1. The van der Waals surface area contributed by atoms with Gasteiger partial charge in [0.15, 0.2) is 13.2 Å². The molecule has 250 valence electrons. The maximum atomic E-state index is 13.7. The molecule has 2 amide bonds. The predicted molar refractivity (Wildman–Crippen MR) is 198 cm³/mol. The molecule has 50 heavy (non-hydrogen) atoms. The van der Waals surface area contributed by atoms with Gasteiger partial charge < -0.3 is 19.3 Å². The first-order valence-corrected chi connectivity index (χ1v) is 16.8. The standard InChI is InChI=1S/C44H40N2O4/c47-43(33-49-41-25-21-39(22-26-41)37-17-9-3-10-18-37)45(31-35-13-5-1-6-14-35)29-30-46(32-36-15-7-2-8-16-36)44(48)34-50-42-27-23-40(24-28-42)38-19-11-4-12-20-38/h1-28H,29-34H2. The van der Waals surface area contributed by atoms with Crippen LogP contribution in [0.4, 0.5) is 0 Å². The van der Waals surface area contributed by atoms with Gasteiger partial charge >= 0.3 is 0 Å². The summed E-state index contributed by atoms with van der Waals surface area (Å²) in [6.07, 6.45) is 0. The molecule has 0 aliphatic carbocycles. The van der Waals surface area contributed by atoms with Crippen LogP contribution in [0.3, 0.4) is 0 Å². The van der Waals surface area contributed by atoms with E-state index in [0.29, 0.717) is 37.7 Å². The summed E-state index contributed by atoms with van der Waals surface area (Å²) in [4.78, 5) is 30.8. The molecule has 0 bridgehead atoms. The lowest BCUT2D eigenvalue weighted by atomic mass is 10.1. The van der Waals surface area contributed by atoms with E-state index >= 15 is 0 Å². The van der Waals surface area contributed by atoms with Gasteiger partial charge in [0.2, 0.25) is 0 Å². The molecule has 6 rings (SSSR count). The van der Waals surface area contributed by atoms with Gasteiger partial charge in [0.1, 0.15) is 11.5 Å². The Balaban J connectivity index is 1.11. The highest BCUT2D eigenvalue weighted by Gasteiger charge is 2.20. The lowest BCUT2D eigenvalue weighted by Crippen LogP contribution is -2.43. The van der Waals surface area contributed by atoms with Crippen molar-refractivity contribution in [2.75, 3.05) is 26.3 Å². The molecule has 0 heterocycles. The number of rotatable bonds is 15. The van der Waals surface area contributed by atoms with Crippen LogP contribution in [-0.4, -0.2) is 47.9 Å². The van der Waals surface area contributed by atoms with Gasteiger partial charge in [0, 0.05) is 26.2 Å². The minimum Gasteiger partial charge on any atom is -0.484 e. The van der Waals surface area contributed by atoms with Crippen molar-refractivity contribution < 1.29 is 19.1 Å². The molecule has 0 radical (unpaired) electrons. The molecule has 0 aliphatic heterocycles. The van der Waals surface area contributed by atoms with E-state index in [-0.39, 0.29) is 25.0 Å². The third-order valence-corrected chi connectivity index (χ3v) is 8.43. The molecule has 0 atom stereocenters. The molecule has 6 aromatic rings. The van der Waals surface area contributed by atoms with Gasteiger partial charge in [0.25, 0.3) is 11.8 Å². The van der Waals surface area contributed by atoms with Crippen LogP contribution in [0.1, 0.15) is 11.1 Å². The smallest absolute Gasteiger partial charge is 0.260 e. The fraction of sp³-hybridized carbons (Fsp3) is 0.136. The topological polar surface area (TPSA) is 59.1 Å². The first kappa shape index (κ1) is 33.7. The monoisotopic (exact) mass is 660 g/mol. The zero-order valence-electron chi connectivity index (χ0n) is 27.9. The second kappa shape index (κ2) is 17.3. The van der Waals surface area contributed by atoms with Crippen LogP contribution < -0.4 is 9.47 Å². The Kier molecular flexibility index (Phi) is 11.7. The number of carbonyl (C=O) groups is 2. The van der Waals surface area contributed by atoms with Crippen molar-refractivity contribution in [3.63, 3.8) is 0 Å². The highest BCUT2D eigenvalue weighted by molar-refractivity contribution is 5.79. The maximum absolute atomic E-state index is 13.7. The molecule has 0 aromatic heterocycles. The third-order valence-electron chi connectivity index (χ3n) is 8.43. The zero-order chi connectivity index (χ0) is 34.4. The van der Waals surface area contributed by atoms with E-state index in [1.54, 1.807) is 9.80 Å². The molecular formula is C44H40N2O4. The second-order valence-electron chi connectivity index (χ2n) is 12.0. The zero-order valence-corrected chi connectivity index (χ0v) is 27.9. The molecule has 0 fully saturated rings. The summed E-state index contributed by atoms with van der Waals surface area (Å²) in [5.74, 6) is 0.908. The number of nitrogens with zero attached hydrogens (tertiary/aromatic N) is 2. The molecule has 0 saturated carbocycles. The molecule has 6 nitrogen and oxygen atoms in total. The lowest BCUT2D eigenvalue weighted by molar-refractivity contribution is -0.138. The van der Waals surface area contributed by atoms with Crippen LogP contribution in [-0.2, 0) is 22.7 Å². The van der Waals surface area contributed by atoms with Crippen LogP contribution >= 0.6 is 0 Å². The van der Waals surface area contributed by atoms with E-state index in [0.717, 1.165) is 33.4 Å². The summed E-state index contributed by atoms with van der Waals surface area (Å²) >= 11 is 0. The molecule has 0 unspecified atom stereocenters. The van der Waals surface area contributed by atoms with Crippen molar-refractivity contribution in [2.24, 2.45) is 0 Å². The number of benzene rings is 6. The number of ether oxygens (including phenoxy) is 2. The van der Waals surface area contributed by atoms with E-state index in [4.69, 9.17) is 9.47 Å². The van der Waals surface area contributed by atoms with Gasteiger partial charge in [-0.15, -0.1) is 0 Å². The minimum absolute atomic E-state index is 0.119. The normalized spacial score (nSPS) is 10.6. The first-order chi connectivity index (χ1) is 24.6. The molecule has 0 spiro atoms. The minimum atomic E-state index is -0.164. The van der Waals surface area contributed by atoms with Gasteiger partial charge in [-0.1, -0.05) is 146 Å². The van der Waals surface area contributed by atoms with Crippen molar-refractivity contribution in [3.05, 3.63) is 181 Å². The van der Waals surface area contributed by atoms with Crippen LogP contribution in [0.15, 0.2) is 170 Å². The predicted octanol–water partition coefficient (Wildman–Crippen LogP) is 8.54. The van der Waals surface area contributed by atoms with Crippen molar-refractivity contribution in [1.29, 1.82) is 0 Å². The van der Waals surface area contributed by atoms with Crippen LogP contribution in [0.5, 0.6) is 11.5 Å². The van der Waals surface area contributed by atoms with E-state index < -0.39 is 0 Å². The van der Waals surface area contributed by atoms with E-state index in [9.17, 15) is 9.59 Å². The summed E-state index contributed by atoms with van der Waals surface area (Å²) in [6, 6.07) is 55.4. The Morgan fingerprint density at radius 2 is 0.680 bits per heavy atom. The van der Waals surface area contributed by atoms with Crippen LogP contribution in [0, 0.1) is 0 Å². The average Bonchev–Trinajstić information content (AvgIpc) is 3.19. The Morgan fingerprint density at radius 3 is 1.02 bits per heavy atom. The summed E-state index contributed by atoms with van der Waals surface area (Å²) in [7, 11) is 0. The highest BCUT2D eigenvalue weighted by atomic mass is 16.5. The van der Waals surface area contributed by atoms with Gasteiger partial charge in [-0.05, 0) is 57.6 Å². The van der Waals surface area contributed by atoms with Gasteiger partial charge in [-0.3, -0.25) is 9.59 Å². The summed E-state index contributed by atoms with van der Waals surface area (Å²) in [5.41, 5.74) is 6.38. The third kappa shape index (κ3) is 9.70. The van der Waals surface area contributed by atoms with E-state index in [2.05, 4.69) is 24.3 Å². The number of hydrogen-bond donors (Lipinski definition) is 0. The number of carbonyl (C=O) groups excluding carboxylic acids is 2. The molecule has 0 saturated heterocycles. The van der Waals surface area contributed by atoms with Crippen molar-refractivity contribution >= 4 is 11.8 Å². The van der Waals surface area contributed by atoms with Gasteiger partial charge in [0.05, 0.1) is 0 Å². The Bertz CT molecular complexity index is 1770. The van der Waals surface area contributed by atoms with E-state index in [1.807, 2.05) is 146 Å². The largest absolute Gasteiger partial charge is 0.484 e. The number of hydrogen-bond acceptors (Lipinski definition) is 4. The van der Waals surface area contributed by atoms with Crippen molar-refractivity contribution in [3.8, 4) is 33.8 Å². The quantitative estimate of drug-likeness (QED) is 0.111. The fourth-order valence-electron chi connectivity index (χ4n) is 5.65. The molecule has 6 heteroatoms. The summed E-state index contributed by atoms with van der Waals surface area (Å²) < 4.78 is 11.9. The second-order valence-corrected chi connectivity index (χ2v) is 12.0. The Morgan fingerprint density at radius 1 is 0.380 bits per heavy atom. The maximum Gasteiger partial charge on any atom is 0.260 e. The van der Waals surface area contributed by atoms with Crippen molar-refractivity contribution in [1.82, 2.24) is 9.80 Å². The number of amides is 2. The molecular weight excluding hydrogens is 620 g/mol. The summed E-state index contributed by atoms with van der Waals surface area (Å²) in [6.45, 7) is 1.21. The van der Waals surface area contributed by atoms with Gasteiger partial charge in [-0.25, -0.2) is 0 Å².